The summed E-state index contributed by atoms with van der Waals surface area (Å²) < 4.78 is 10.6. The molecule has 1 N–H and O–H groups in total. The van der Waals surface area contributed by atoms with Crippen LogP contribution in [-0.4, -0.2) is 45.9 Å². The predicted molar refractivity (Wildman–Crippen MR) is 116 cm³/mol. The van der Waals surface area contributed by atoms with E-state index in [0.717, 1.165) is 0 Å². The van der Waals surface area contributed by atoms with Crippen LogP contribution in [0.4, 0.5) is 0 Å². The maximum absolute atomic E-state index is 13.1. The number of carbonyl (C=O) groups excluding carboxylic acids is 2. The molecule has 8 heteroatoms. The Morgan fingerprint density at radius 3 is 2.38 bits per heavy atom. The minimum absolute atomic E-state index is 0.0730. The number of hydrogen-bond donors (Lipinski definition) is 1. The van der Waals surface area contributed by atoms with E-state index in [4.69, 9.17) is 9.47 Å². The number of ketones is 1. The lowest BCUT2D eigenvalue weighted by atomic mass is 9.97. The van der Waals surface area contributed by atoms with E-state index in [-0.39, 0.29) is 23.4 Å². The highest BCUT2D eigenvalue weighted by Gasteiger charge is 2.47. The lowest BCUT2D eigenvalue weighted by molar-refractivity contribution is -0.140. The quantitative estimate of drug-likeness (QED) is 0.363. The number of aromatic nitrogens is 2. The first-order chi connectivity index (χ1) is 15.5. The predicted octanol–water partition coefficient (Wildman–Crippen LogP) is 3.12. The van der Waals surface area contributed by atoms with Gasteiger partial charge in [0.2, 0.25) is 0 Å². The van der Waals surface area contributed by atoms with E-state index >= 15 is 0 Å². The molecule has 0 saturated carbocycles. The summed E-state index contributed by atoms with van der Waals surface area (Å²) in [4.78, 5) is 36.2. The van der Waals surface area contributed by atoms with Crippen LogP contribution in [0.5, 0.6) is 11.5 Å². The van der Waals surface area contributed by atoms with Crippen molar-refractivity contribution >= 4 is 17.4 Å². The first kappa shape index (κ1) is 21.0. The fraction of sp³-hybridized carbons (Fsp3) is 0.167. The second-order valence-corrected chi connectivity index (χ2v) is 7.07. The molecule has 1 unspecified atom stereocenters. The number of aliphatic hydroxyl groups excluding tert-OH is 1. The molecule has 0 aliphatic carbocycles. The molecule has 0 spiro atoms. The summed E-state index contributed by atoms with van der Waals surface area (Å²) in [6.07, 6.45) is 3.19. The zero-order valence-corrected chi connectivity index (χ0v) is 17.6. The fourth-order valence-corrected chi connectivity index (χ4v) is 3.70. The van der Waals surface area contributed by atoms with Crippen molar-refractivity contribution in [2.75, 3.05) is 14.2 Å². The number of methoxy groups -OCH3 is 2. The van der Waals surface area contributed by atoms with Crippen molar-refractivity contribution in [1.82, 2.24) is 14.9 Å². The SMILES string of the molecule is COc1ccc(OC)c(/C(O)=C2\C(=O)C(=O)N(Cc3ccccn3)C2c2ccccn2)c1. The van der Waals surface area contributed by atoms with Crippen LogP contribution in [0.3, 0.4) is 0 Å². The topological polar surface area (TPSA) is 102 Å². The largest absolute Gasteiger partial charge is 0.507 e. The van der Waals surface area contributed by atoms with Gasteiger partial charge < -0.3 is 19.5 Å². The molecule has 8 nitrogen and oxygen atoms in total. The highest BCUT2D eigenvalue weighted by molar-refractivity contribution is 6.46. The Morgan fingerprint density at radius 2 is 1.75 bits per heavy atom. The van der Waals surface area contributed by atoms with Crippen molar-refractivity contribution < 1.29 is 24.2 Å². The lowest BCUT2D eigenvalue weighted by Crippen LogP contribution is -2.29. The van der Waals surface area contributed by atoms with Crippen LogP contribution in [0.2, 0.25) is 0 Å². The molecular weight excluding hydrogens is 410 g/mol. The lowest BCUT2D eigenvalue weighted by Gasteiger charge is -2.24. The molecule has 0 radical (unpaired) electrons. The zero-order valence-electron chi connectivity index (χ0n) is 17.6. The third-order valence-electron chi connectivity index (χ3n) is 5.23. The van der Waals surface area contributed by atoms with Gasteiger partial charge in [-0.2, -0.15) is 0 Å². The molecule has 162 valence electrons. The Bertz CT molecular complexity index is 1180. The molecular formula is C24H21N3O5. The molecule has 1 atom stereocenters. The average molecular weight is 431 g/mol. The van der Waals surface area contributed by atoms with Gasteiger partial charge in [0.15, 0.2) is 0 Å². The third-order valence-corrected chi connectivity index (χ3v) is 5.23. The molecule has 32 heavy (non-hydrogen) atoms. The Kier molecular flexibility index (Phi) is 5.85. The number of Topliss-reactive ketones (excluding diaryl/α,β-unsaturated/α-hetero) is 1. The molecule has 0 bridgehead atoms. The standard InChI is InChI=1S/C24H21N3O5/c1-31-16-9-10-19(32-2)17(13-16)22(28)20-21(18-8-4-6-12-26-18)27(24(30)23(20)29)14-15-7-3-5-11-25-15/h3-13,21,28H,14H2,1-2H3/b22-20+. The molecule has 1 saturated heterocycles. The number of pyridine rings is 2. The normalized spacial score (nSPS) is 17.4. The summed E-state index contributed by atoms with van der Waals surface area (Å²) in [5, 5.41) is 11.3. The van der Waals surface area contributed by atoms with E-state index in [1.165, 1.54) is 19.1 Å². The highest BCUT2D eigenvalue weighted by Crippen LogP contribution is 2.41. The van der Waals surface area contributed by atoms with Gasteiger partial charge in [-0.3, -0.25) is 19.6 Å². The Balaban J connectivity index is 1.90. The number of aliphatic hydroxyl groups is 1. The molecule has 1 fully saturated rings. The number of amides is 1. The monoisotopic (exact) mass is 431 g/mol. The zero-order chi connectivity index (χ0) is 22.7. The van der Waals surface area contributed by atoms with Crippen molar-refractivity contribution in [3.05, 3.63) is 89.5 Å². The van der Waals surface area contributed by atoms with Crippen LogP contribution in [0.25, 0.3) is 5.76 Å². The van der Waals surface area contributed by atoms with Gasteiger partial charge in [-0.15, -0.1) is 0 Å². The number of nitrogens with zero attached hydrogens (tertiary/aromatic N) is 3. The molecule has 1 aromatic carbocycles. The van der Waals surface area contributed by atoms with Crippen LogP contribution in [0.1, 0.15) is 23.0 Å². The minimum atomic E-state index is -0.894. The van der Waals surface area contributed by atoms with Gasteiger partial charge in [0, 0.05) is 12.4 Å². The van der Waals surface area contributed by atoms with Crippen LogP contribution in [0.15, 0.2) is 72.6 Å². The molecule has 1 aliphatic rings. The molecule has 1 aliphatic heterocycles. The van der Waals surface area contributed by atoms with Crippen molar-refractivity contribution in [2.45, 2.75) is 12.6 Å². The van der Waals surface area contributed by atoms with E-state index < -0.39 is 17.7 Å². The van der Waals surface area contributed by atoms with Crippen LogP contribution < -0.4 is 9.47 Å². The summed E-state index contributed by atoms with van der Waals surface area (Å²) in [5.74, 6) is -1.12. The maximum Gasteiger partial charge on any atom is 0.296 e. The number of likely N-dealkylation sites (tertiary alicyclic amines) is 1. The van der Waals surface area contributed by atoms with Crippen LogP contribution in [0, 0.1) is 0 Å². The van der Waals surface area contributed by atoms with Gasteiger partial charge in [0.05, 0.1) is 43.3 Å². The van der Waals surface area contributed by atoms with Crippen molar-refractivity contribution in [1.29, 1.82) is 0 Å². The molecule has 2 aromatic heterocycles. The first-order valence-corrected chi connectivity index (χ1v) is 9.86. The van der Waals surface area contributed by atoms with E-state index in [9.17, 15) is 14.7 Å². The second kappa shape index (κ2) is 8.89. The third kappa shape index (κ3) is 3.78. The Hall–Kier alpha value is -4.20. The Morgan fingerprint density at radius 1 is 1.00 bits per heavy atom. The van der Waals surface area contributed by atoms with E-state index in [0.29, 0.717) is 22.9 Å². The molecule has 3 heterocycles. The highest BCUT2D eigenvalue weighted by atomic mass is 16.5. The van der Waals surface area contributed by atoms with Crippen LogP contribution >= 0.6 is 0 Å². The van der Waals surface area contributed by atoms with E-state index in [1.54, 1.807) is 67.0 Å². The number of benzene rings is 1. The number of hydrogen-bond acceptors (Lipinski definition) is 7. The molecule has 3 aromatic rings. The average Bonchev–Trinajstić information content (AvgIpc) is 3.09. The summed E-state index contributed by atoms with van der Waals surface area (Å²) >= 11 is 0. The summed E-state index contributed by atoms with van der Waals surface area (Å²) in [6.45, 7) is 0.0820. The number of rotatable bonds is 6. The van der Waals surface area contributed by atoms with Gasteiger partial charge in [-0.05, 0) is 42.5 Å². The van der Waals surface area contributed by atoms with Gasteiger partial charge in [0.1, 0.15) is 23.3 Å². The summed E-state index contributed by atoms with van der Waals surface area (Å²) in [7, 11) is 2.94. The van der Waals surface area contributed by atoms with Gasteiger partial charge in [-0.25, -0.2) is 0 Å². The van der Waals surface area contributed by atoms with Gasteiger partial charge in [-0.1, -0.05) is 12.1 Å². The summed E-state index contributed by atoms with van der Waals surface area (Å²) in [5.41, 5.74) is 1.22. The van der Waals surface area contributed by atoms with Gasteiger partial charge >= 0.3 is 0 Å². The van der Waals surface area contributed by atoms with Crippen LogP contribution in [-0.2, 0) is 16.1 Å². The summed E-state index contributed by atoms with van der Waals surface area (Å²) in [6, 6.07) is 14.5. The number of carbonyl (C=O) groups is 2. The first-order valence-electron chi connectivity index (χ1n) is 9.86. The van der Waals surface area contributed by atoms with E-state index in [2.05, 4.69) is 9.97 Å². The van der Waals surface area contributed by atoms with E-state index in [1.807, 2.05) is 0 Å². The molecule has 1 amide bonds. The van der Waals surface area contributed by atoms with Gasteiger partial charge in [0.25, 0.3) is 11.7 Å². The molecule has 4 rings (SSSR count). The second-order valence-electron chi connectivity index (χ2n) is 7.07. The van der Waals surface area contributed by atoms with Crippen molar-refractivity contribution in [3.8, 4) is 11.5 Å². The maximum atomic E-state index is 13.1. The Labute approximate surface area is 184 Å². The van der Waals surface area contributed by atoms with Crippen molar-refractivity contribution in [2.24, 2.45) is 0 Å². The van der Waals surface area contributed by atoms with Crippen molar-refractivity contribution in [3.63, 3.8) is 0 Å². The fourth-order valence-electron chi connectivity index (χ4n) is 3.70. The smallest absolute Gasteiger partial charge is 0.296 e. The number of ether oxygens (including phenoxy) is 2. The minimum Gasteiger partial charge on any atom is -0.507 e.